The lowest BCUT2D eigenvalue weighted by Gasteiger charge is -2.11. The van der Waals surface area contributed by atoms with Crippen LogP contribution in [0.2, 0.25) is 0 Å². The third-order valence-electron chi connectivity index (χ3n) is 2.92. The summed E-state index contributed by atoms with van der Waals surface area (Å²) in [5.41, 5.74) is 1.75. The summed E-state index contributed by atoms with van der Waals surface area (Å²) in [6, 6.07) is 11.6. The Balaban J connectivity index is 1.67. The van der Waals surface area contributed by atoms with Crippen LogP contribution >= 0.6 is 23.1 Å². The monoisotopic (exact) mass is 336 g/mol. The van der Waals surface area contributed by atoms with E-state index in [1.165, 1.54) is 4.88 Å². The molecule has 0 atom stereocenters. The molecular weight excluding hydrogens is 316 g/mol. The Morgan fingerprint density at radius 2 is 2.14 bits per heavy atom. The highest BCUT2D eigenvalue weighted by molar-refractivity contribution is 7.98. The van der Waals surface area contributed by atoms with E-state index in [0.29, 0.717) is 13.2 Å². The number of hydrogen-bond acceptors (Lipinski definition) is 4. The van der Waals surface area contributed by atoms with Crippen molar-refractivity contribution >= 4 is 34.8 Å². The van der Waals surface area contributed by atoms with Crippen molar-refractivity contribution in [2.75, 3.05) is 24.7 Å². The van der Waals surface area contributed by atoms with Gasteiger partial charge in [0.25, 0.3) is 0 Å². The SMILES string of the molecule is COCc1ccccc1NC(=O)NCCSCc1cccs1. The minimum absolute atomic E-state index is 0.180. The van der Waals surface area contributed by atoms with E-state index >= 15 is 0 Å². The lowest BCUT2D eigenvalue weighted by molar-refractivity contribution is 0.185. The molecule has 2 aromatic rings. The minimum atomic E-state index is -0.180. The summed E-state index contributed by atoms with van der Waals surface area (Å²) >= 11 is 3.58. The number of amides is 2. The third-order valence-corrected chi connectivity index (χ3v) is 4.99. The molecule has 22 heavy (non-hydrogen) atoms. The Hall–Kier alpha value is -1.50. The summed E-state index contributed by atoms with van der Waals surface area (Å²) in [5, 5.41) is 7.82. The van der Waals surface area contributed by atoms with Gasteiger partial charge in [0, 0.05) is 41.3 Å². The van der Waals surface area contributed by atoms with Crippen LogP contribution in [0.5, 0.6) is 0 Å². The number of thiophene rings is 1. The molecule has 0 aliphatic heterocycles. The highest BCUT2D eigenvalue weighted by Gasteiger charge is 2.05. The van der Waals surface area contributed by atoms with E-state index in [-0.39, 0.29) is 6.03 Å². The summed E-state index contributed by atoms with van der Waals surface area (Å²) in [4.78, 5) is 13.3. The molecule has 118 valence electrons. The number of anilines is 1. The number of urea groups is 1. The van der Waals surface area contributed by atoms with Gasteiger partial charge in [-0.25, -0.2) is 4.79 Å². The normalized spacial score (nSPS) is 10.4. The van der Waals surface area contributed by atoms with Gasteiger partial charge in [-0.15, -0.1) is 11.3 Å². The topological polar surface area (TPSA) is 50.4 Å². The van der Waals surface area contributed by atoms with Crippen LogP contribution in [0.1, 0.15) is 10.4 Å². The number of benzene rings is 1. The van der Waals surface area contributed by atoms with Crippen LogP contribution in [-0.4, -0.2) is 25.4 Å². The average Bonchev–Trinajstić information content (AvgIpc) is 3.02. The van der Waals surface area contributed by atoms with Crippen LogP contribution in [-0.2, 0) is 17.1 Å². The van der Waals surface area contributed by atoms with Gasteiger partial charge in [0.15, 0.2) is 0 Å². The summed E-state index contributed by atoms with van der Waals surface area (Å²) in [6.45, 7) is 1.13. The van der Waals surface area contributed by atoms with Gasteiger partial charge in [0.1, 0.15) is 0 Å². The number of methoxy groups -OCH3 is 1. The minimum Gasteiger partial charge on any atom is -0.380 e. The zero-order chi connectivity index (χ0) is 15.6. The second-order valence-electron chi connectivity index (χ2n) is 4.60. The van der Waals surface area contributed by atoms with E-state index in [0.717, 1.165) is 22.8 Å². The first-order chi connectivity index (χ1) is 10.8. The first-order valence-corrected chi connectivity index (χ1v) is 9.05. The van der Waals surface area contributed by atoms with Crippen molar-refractivity contribution in [3.05, 3.63) is 52.2 Å². The summed E-state index contributed by atoms with van der Waals surface area (Å²) in [5.74, 6) is 1.89. The van der Waals surface area contributed by atoms with E-state index in [2.05, 4.69) is 28.1 Å². The standard InChI is InChI=1S/C16H20N2O2S2/c1-20-11-13-5-2-3-7-15(13)18-16(19)17-8-10-21-12-14-6-4-9-22-14/h2-7,9H,8,10-12H2,1H3,(H2,17,18,19). The summed E-state index contributed by atoms with van der Waals surface area (Å²) in [6.07, 6.45) is 0. The fraction of sp³-hybridized carbons (Fsp3) is 0.312. The maximum absolute atomic E-state index is 11.9. The molecule has 2 rings (SSSR count). The van der Waals surface area contributed by atoms with Crippen LogP contribution in [0.4, 0.5) is 10.5 Å². The molecular formula is C16H20N2O2S2. The number of para-hydroxylation sites is 1. The van der Waals surface area contributed by atoms with Gasteiger partial charge >= 0.3 is 6.03 Å². The second-order valence-corrected chi connectivity index (χ2v) is 6.74. The number of carbonyl (C=O) groups is 1. The molecule has 0 unspecified atom stereocenters. The van der Waals surface area contributed by atoms with Crippen LogP contribution in [0.25, 0.3) is 0 Å². The van der Waals surface area contributed by atoms with E-state index in [1.54, 1.807) is 18.4 Å². The first-order valence-electron chi connectivity index (χ1n) is 7.01. The Bertz CT molecular complexity index is 573. The van der Waals surface area contributed by atoms with Crippen molar-refractivity contribution in [2.24, 2.45) is 0 Å². The highest BCUT2D eigenvalue weighted by atomic mass is 32.2. The molecule has 2 amide bonds. The Labute approximate surface area is 139 Å². The Morgan fingerprint density at radius 1 is 1.27 bits per heavy atom. The molecule has 1 aromatic heterocycles. The molecule has 4 nitrogen and oxygen atoms in total. The first kappa shape index (κ1) is 16.9. The van der Waals surface area contributed by atoms with E-state index in [1.807, 2.05) is 36.0 Å². The lowest BCUT2D eigenvalue weighted by atomic mass is 10.2. The van der Waals surface area contributed by atoms with Crippen LogP contribution in [0.3, 0.4) is 0 Å². The predicted molar refractivity (Wildman–Crippen MR) is 94.7 cm³/mol. The molecule has 0 spiro atoms. The molecule has 2 N–H and O–H groups in total. The van der Waals surface area contributed by atoms with Crippen molar-refractivity contribution < 1.29 is 9.53 Å². The quantitative estimate of drug-likeness (QED) is 0.718. The van der Waals surface area contributed by atoms with E-state index in [4.69, 9.17) is 4.74 Å². The lowest BCUT2D eigenvalue weighted by Crippen LogP contribution is -2.30. The van der Waals surface area contributed by atoms with Crippen molar-refractivity contribution in [1.29, 1.82) is 0 Å². The Morgan fingerprint density at radius 3 is 2.91 bits per heavy atom. The van der Waals surface area contributed by atoms with E-state index in [9.17, 15) is 4.79 Å². The Kier molecular flexibility index (Phi) is 7.28. The number of ether oxygens (including phenoxy) is 1. The van der Waals surface area contributed by atoms with Gasteiger partial charge in [0.05, 0.1) is 6.61 Å². The van der Waals surface area contributed by atoms with Crippen LogP contribution in [0, 0.1) is 0 Å². The van der Waals surface area contributed by atoms with Crippen molar-refractivity contribution in [2.45, 2.75) is 12.4 Å². The predicted octanol–water partition coefficient (Wildman–Crippen LogP) is 3.95. The van der Waals surface area contributed by atoms with E-state index < -0.39 is 0 Å². The van der Waals surface area contributed by atoms with Crippen LogP contribution in [0.15, 0.2) is 41.8 Å². The zero-order valence-electron chi connectivity index (χ0n) is 12.5. The maximum atomic E-state index is 11.9. The van der Waals surface area contributed by atoms with Gasteiger partial charge in [0.2, 0.25) is 0 Å². The zero-order valence-corrected chi connectivity index (χ0v) is 14.1. The highest BCUT2D eigenvalue weighted by Crippen LogP contribution is 2.17. The summed E-state index contributed by atoms with van der Waals surface area (Å²) in [7, 11) is 1.64. The molecule has 0 saturated carbocycles. The van der Waals surface area contributed by atoms with Gasteiger partial charge in [-0.05, 0) is 17.5 Å². The number of rotatable bonds is 8. The third kappa shape index (κ3) is 5.71. The van der Waals surface area contributed by atoms with Crippen molar-refractivity contribution in [1.82, 2.24) is 5.32 Å². The van der Waals surface area contributed by atoms with Gasteiger partial charge < -0.3 is 15.4 Å². The number of carbonyl (C=O) groups excluding carboxylic acids is 1. The van der Waals surface area contributed by atoms with Gasteiger partial charge in [-0.2, -0.15) is 11.8 Å². The second kappa shape index (κ2) is 9.50. The largest absolute Gasteiger partial charge is 0.380 e. The maximum Gasteiger partial charge on any atom is 0.319 e. The molecule has 1 heterocycles. The van der Waals surface area contributed by atoms with Gasteiger partial charge in [-0.1, -0.05) is 24.3 Å². The molecule has 0 aliphatic rings. The molecule has 1 aromatic carbocycles. The molecule has 0 aliphatic carbocycles. The van der Waals surface area contributed by atoms with Gasteiger partial charge in [-0.3, -0.25) is 0 Å². The molecule has 0 bridgehead atoms. The number of nitrogens with one attached hydrogen (secondary N) is 2. The number of thioether (sulfide) groups is 1. The summed E-state index contributed by atoms with van der Waals surface area (Å²) < 4.78 is 5.12. The van der Waals surface area contributed by atoms with Crippen molar-refractivity contribution in [3.8, 4) is 0 Å². The molecule has 0 saturated heterocycles. The average molecular weight is 336 g/mol. The smallest absolute Gasteiger partial charge is 0.319 e. The van der Waals surface area contributed by atoms with Crippen molar-refractivity contribution in [3.63, 3.8) is 0 Å². The van der Waals surface area contributed by atoms with Crippen LogP contribution < -0.4 is 10.6 Å². The molecule has 0 radical (unpaired) electrons. The molecule has 6 heteroatoms. The number of hydrogen-bond donors (Lipinski definition) is 2. The fourth-order valence-electron chi connectivity index (χ4n) is 1.89. The fourth-order valence-corrected chi connectivity index (χ4v) is 3.59. The molecule has 0 fully saturated rings.